The third kappa shape index (κ3) is 32.6. The second-order valence-corrected chi connectivity index (χ2v) is 33.2. The summed E-state index contributed by atoms with van der Waals surface area (Å²) < 4.78 is 101. The molecular weight excluding hydrogens is 2540 g/mol. The minimum atomic E-state index is -4.59. The van der Waals surface area contributed by atoms with Gasteiger partial charge in [-0.05, 0) is 146 Å². The number of rotatable bonds is 25. The number of aromatic nitrogens is 24. The summed E-state index contributed by atoms with van der Waals surface area (Å²) in [4.78, 5) is 72.4. The topological polar surface area (TPSA) is 372 Å². The first kappa shape index (κ1) is 127. The van der Waals surface area contributed by atoms with Gasteiger partial charge in [-0.25, -0.2) is 28.8 Å². The maximum atomic E-state index is 13.6. The number of aryl methyl sites for hydroxylation is 10. The van der Waals surface area contributed by atoms with E-state index in [2.05, 4.69) is 106 Å². The van der Waals surface area contributed by atoms with Gasteiger partial charge >= 0.3 is 40.3 Å². The molecule has 36 nitrogen and oxygen atoms in total. The number of hydrogen-bond donors (Lipinski definition) is 0. The molecule has 0 amide bonds. The van der Waals surface area contributed by atoms with E-state index in [0.717, 1.165) is 95.5 Å². The average molecular weight is 2620 g/mol. The first-order chi connectivity index (χ1) is 68.6. The van der Waals surface area contributed by atoms with Crippen molar-refractivity contribution >= 4 is 81.2 Å². The van der Waals surface area contributed by atoms with Crippen LogP contribution in [-0.2, 0) is 291 Å². The molecule has 0 unspecified atom stereocenters. The monoisotopic (exact) mass is 2610 g/mol. The molecule has 0 bridgehead atoms. The predicted octanol–water partition coefficient (Wildman–Crippen LogP) is 15.3. The zero-order valence-corrected chi connectivity index (χ0v) is 103. The van der Waals surface area contributed by atoms with Crippen LogP contribution in [0.5, 0.6) is 34.5 Å². The molecule has 6 heterocycles. The van der Waals surface area contributed by atoms with Crippen molar-refractivity contribution in [1.29, 1.82) is 0 Å². The molecule has 18 aromatic rings. The van der Waals surface area contributed by atoms with Crippen molar-refractivity contribution in [2.45, 2.75) is 79.9 Å². The van der Waals surface area contributed by atoms with Crippen LogP contribution >= 0.6 is 81.2 Å². The summed E-state index contributed by atoms with van der Waals surface area (Å²) in [7, 11) is 9.05. The first-order valence-corrected chi connectivity index (χ1v) is 45.0. The standard InChI is InChI=1S/2C17H16ClN4O2.C16H11ClF3N4O2.C16H14ClN4O2.C15H11Cl2N4O2.C15H11ClFN4O2.6Y/c1-11-7-8-12(2)16(9-11)24-10-13-14(18)5-4-6-15(13)22-17(23)21(3)19-20-22;1-3-12-7-4-5-10-16(12)24-11-13-14(18)8-6-9-15(13)22-17(23)21(2)19-20-22;1-23-15(25)24(22-21-23)13-7-4-6-12(17)10(13)9-26-14-8-3-2-5-11(14)16(18,19)20;1-11-6-3-4-9-15(11)23-10-12-13(17)7-5-8-14(12)21-16(22)20(2)18-19-21;1-20-15(22)21(19-18-20)13-7-4-6-11(16)10(13)9-23-14-8-3-2-5-12(14)17;1-20-15(22)21(19-18-20)13-7-4-5-11(16)10(13)9-23-14-8-3-2-6-12(14)17;;;;;;/h4-6,8-9H,10H2,1-3H3;5-10H,3,11H2,1-2H3;3-8H,9H2,1H3;4-9H,10H2,1-2H3;2*3-8H,9H2,1H3;;;;;;/q6*-1;;;;;;. The van der Waals surface area contributed by atoms with Crippen LogP contribution in [0, 0.1) is 63.0 Å². The van der Waals surface area contributed by atoms with Gasteiger partial charge < -0.3 is 28.4 Å². The zero-order chi connectivity index (χ0) is 102. The first-order valence-electron chi connectivity index (χ1n) is 42.3. The van der Waals surface area contributed by atoms with Gasteiger partial charge in [-0.1, -0.05) is 140 Å². The van der Waals surface area contributed by atoms with E-state index in [1.54, 1.807) is 154 Å². The van der Waals surface area contributed by atoms with Gasteiger partial charge in [0, 0.05) is 342 Å². The molecule has 0 saturated heterocycles. The molecule has 12 aromatic carbocycles. The van der Waals surface area contributed by atoms with E-state index >= 15 is 0 Å². The molecule has 756 valence electrons. The van der Waals surface area contributed by atoms with Crippen LogP contribution in [0.4, 0.5) is 17.6 Å². The van der Waals surface area contributed by atoms with Crippen LogP contribution in [0.3, 0.4) is 0 Å². The smallest absolute Gasteiger partial charge is 0.373 e. The number of hydrogen-bond acceptors (Lipinski definition) is 24. The molecule has 6 aromatic heterocycles. The largest absolute Gasteiger partial charge is 0.514 e. The minimum absolute atomic E-state index is 0. The summed E-state index contributed by atoms with van der Waals surface area (Å²) in [5.41, 5.74) is 6.98. The van der Waals surface area contributed by atoms with Crippen LogP contribution in [0.15, 0.2) is 241 Å². The number of ether oxygens (including phenoxy) is 6. The molecule has 0 aliphatic rings. The number of tetrazole rings is 6. The summed E-state index contributed by atoms with van der Waals surface area (Å²) in [6.07, 6.45) is -3.75. The zero-order valence-electron chi connectivity index (χ0n) is 80.4. The molecule has 6 radical (unpaired) electrons. The maximum Gasteiger partial charge on any atom is 0.373 e. The third-order valence-corrected chi connectivity index (χ3v) is 23.2. The van der Waals surface area contributed by atoms with Gasteiger partial charge in [0.15, 0.2) is 0 Å². The fourth-order valence-electron chi connectivity index (χ4n) is 13.1. The Hall–Kier alpha value is -8.97. The van der Waals surface area contributed by atoms with Gasteiger partial charge in [0.05, 0.1) is 34.1 Å². The van der Waals surface area contributed by atoms with E-state index < -0.39 is 28.9 Å². The van der Waals surface area contributed by atoms with Gasteiger partial charge in [-0.2, -0.15) is 184 Å². The van der Waals surface area contributed by atoms with Crippen LogP contribution < -0.4 is 62.6 Å². The second kappa shape index (κ2) is 60.0. The van der Waals surface area contributed by atoms with Crippen LogP contribution in [0.1, 0.15) is 68.1 Å². The van der Waals surface area contributed by atoms with Crippen molar-refractivity contribution in [3.05, 3.63) is 414 Å². The number of nitrogens with zero attached hydrogens (tertiary/aromatic N) is 24. The summed E-state index contributed by atoms with van der Waals surface area (Å²) in [6.45, 7) is 8.33. The number of alkyl halides is 3. The Morgan fingerprint density at radius 1 is 0.295 bits per heavy atom. The minimum Gasteiger partial charge on any atom is -0.514 e. The van der Waals surface area contributed by atoms with Crippen molar-refractivity contribution in [3.63, 3.8) is 0 Å². The Morgan fingerprint density at radius 2 is 0.550 bits per heavy atom. The van der Waals surface area contributed by atoms with Crippen LogP contribution in [0.2, 0.25) is 35.2 Å². The van der Waals surface area contributed by atoms with E-state index in [1.165, 1.54) is 71.2 Å². The van der Waals surface area contributed by atoms with Crippen LogP contribution in [0.25, 0.3) is 34.1 Å². The third-order valence-electron chi connectivity index (χ3n) is 20.7. The Kier molecular flexibility index (Phi) is 51.2. The molecule has 0 atom stereocenters. The fraction of sp³-hybridized carbons (Fsp3) is 0.188. The SMILES string of the molecule is CCc1c[c-]ccc1OCc1c(Cl)cccc1-n1nnn(C)c1=O.Cc1[c-]cc(C)c(OCc2c(Cl)cccc2-n2nnn(C)c2=O)c1.Cc1c[c-]ccc1OCc1c(Cl)cccc1-n1nnn(C)c1=O.Cn1nnn(-c2cccc(Cl)c2COc2cc[c-]cc2C(F)(F)F)c1=O.Cn1nnn(-c2cccc(Cl)c2COc2cc[c-]cc2Cl)c1=O.Cn1nnn(-c2cccc(Cl)c2COc2cc[c-]cc2F)c1=O.[Y].[Y].[Y].[Y].[Y].[Y]. The molecule has 0 fully saturated rings. The average Bonchev–Trinajstić information content (AvgIpc) is 1.79. The summed E-state index contributed by atoms with van der Waals surface area (Å²) in [6, 6.07) is 74.9. The van der Waals surface area contributed by atoms with Gasteiger partial charge in [0.2, 0.25) is 0 Å². The Labute approximate surface area is 1030 Å². The summed E-state index contributed by atoms with van der Waals surface area (Å²) in [5, 5.41) is 48.1. The predicted molar refractivity (Wildman–Crippen MR) is 521 cm³/mol. The Balaban J connectivity index is 0.000000240. The quantitative estimate of drug-likeness (QED) is 0.0379. The molecule has 0 spiro atoms. The van der Waals surface area contributed by atoms with E-state index in [9.17, 15) is 46.3 Å². The van der Waals surface area contributed by atoms with Gasteiger partial charge in [-0.15, -0.1) is 59.2 Å². The Bertz CT molecular complexity index is 7630. The number of benzene rings is 12. The van der Waals surface area contributed by atoms with E-state index in [-0.39, 0.29) is 281 Å². The molecular formula is C96H79Cl7F4N24O12Y6-6. The van der Waals surface area contributed by atoms with Crippen LogP contribution in [-0.4, -0.2) is 119 Å². The van der Waals surface area contributed by atoms with Crippen molar-refractivity contribution in [2.24, 2.45) is 42.3 Å². The molecule has 0 N–H and O–H groups in total. The van der Waals surface area contributed by atoms with Gasteiger partial charge in [-0.3, -0.25) is 4.39 Å². The summed E-state index contributed by atoms with van der Waals surface area (Å²) >= 11 is 43.6. The molecule has 149 heavy (non-hydrogen) atoms. The summed E-state index contributed by atoms with van der Waals surface area (Å²) in [5.74, 6) is 1.94. The molecule has 53 heteroatoms. The maximum absolute atomic E-state index is 13.6. The fourth-order valence-corrected chi connectivity index (χ4v) is 14.7. The van der Waals surface area contributed by atoms with Gasteiger partial charge in [0.1, 0.15) is 39.6 Å². The van der Waals surface area contributed by atoms with Crippen molar-refractivity contribution < 1.29 is 242 Å². The van der Waals surface area contributed by atoms with E-state index in [4.69, 9.17) is 110 Å². The van der Waals surface area contributed by atoms with E-state index in [1.807, 2.05) is 57.2 Å². The number of halogens is 11. The normalized spacial score (nSPS) is 10.5. The van der Waals surface area contributed by atoms with E-state index in [0.29, 0.717) is 97.7 Å². The molecule has 0 aliphatic heterocycles. The molecule has 0 saturated carbocycles. The Morgan fingerprint density at radius 3 is 0.852 bits per heavy atom. The molecule has 18 rings (SSSR count). The van der Waals surface area contributed by atoms with Crippen molar-refractivity contribution in [1.82, 2.24) is 119 Å². The molecule has 0 aliphatic carbocycles. The van der Waals surface area contributed by atoms with Crippen molar-refractivity contribution in [3.8, 4) is 68.6 Å². The van der Waals surface area contributed by atoms with Gasteiger partial charge in [0.25, 0.3) is 0 Å². The second-order valence-electron chi connectivity index (χ2n) is 30.3. The van der Waals surface area contributed by atoms with Crippen molar-refractivity contribution in [2.75, 3.05) is 0 Å².